The van der Waals surface area contributed by atoms with Crippen molar-refractivity contribution in [3.8, 4) is 0 Å². The number of unbranched alkanes of at least 4 members (excludes halogenated alkanes) is 4. The second kappa shape index (κ2) is 10.6. The zero-order valence-electron chi connectivity index (χ0n) is 10.6. The van der Waals surface area contributed by atoms with E-state index < -0.39 is 4.83 Å². The number of carbonyl (C=O) groups is 2. The number of alkyl halides is 1. The predicted octanol–water partition coefficient (Wildman–Crippen LogP) is 2.40. The summed E-state index contributed by atoms with van der Waals surface area (Å²) in [6.45, 7) is 2.44. The van der Waals surface area contributed by atoms with E-state index in [4.69, 9.17) is 0 Å². The number of rotatable bonds is 9. The molecule has 1 unspecified atom stereocenters. The topological polar surface area (TPSA) is 55.4 Å². The molecular formula is C12H22BrNO3. The molecule has 0 aromatic heterocycles. The first-order chi connectivity index (χ1) is 8.11. The summed E-state index contributed by atoms with van der Waals surface area (Å²) in [5.74, 6) is -0.372. The van der Waals surface area contributed by atoms with Gasteiger partial charge in [0.2, 0.25) is 5.91 Å². The van der Waals surface area contributed by atoms with Crippen LogP contribution in [0, 0.1) is 0 Å². The van der Waals surface area contributed by atoms with Crippen LogP contribution >= 0.6 is 15.9 Å². The summed E-state index contributed by atoms with van der Waals surface area (Å²) in [7, 11) is 1.33. The molecule has 100 valence electrons. The first kappa shape index (κ1) is 16.4. The van der Waals surface area contributed by atoms with Gasteiger partial charge in [-0.3, -0.25) is 9.59 Å². The van der Waals surface area contributed by atoms with Gasteiger partial charge in [-0.25, -0.2) is 0 Å². The number of esters is 1. The van der Waals surface area contributed by atoms with Gasteiger partial charge in [-0.2, -0.15) is 0 Å². The van der Waals surface area contributed by atoms with Crippen molar-refractivity contribution in [3.05, 3.63) is 0 Å². The Morgan fingerprint density at radius 1 is 1.24 bits per heavy atom. The molecule has 17 heavy (non-hydrogen) atoms. The van der Waals surface area contributed by atoms with Crippen LogP contribution in [-0.2, 0) is 14.3 Å². The molecule has 5 heteroatoms. The Bertz CT molecular complexity index is 234. The highest BCUT2D eigenvalue weighted by atomic mass is 79.9. The largest absolute Gasteiger partial charge is 0.468 e. The molecule has 1 N–H and O–H groups in total. The third kappa shape index (κ3) is 9.15. The smallest absolute Gasteiger partial charge is 0.321 e. The molecule has 0 saturated heterocycles. The minimum atomic E-state index is -0.462. The van der Waals surface area contributed by atoms with Crippen molar-refractivity contribution >= 4 is 27.8 Å². The minimum Gasteiger partial charge on any atom is -0.468 e. The van der Waals surface area contributed by atoms with Crippen molar-refractivity contribution in [1.82, 2.24) is 5.32 Å². The molecule has 0 aliphatic rings. The lowest BCUT2D eigenvalue weighted by Crippen LogP contribution is -2.33. The first-order valence-corrected chi connectivity index (χ1v) is 7.02. The molecule has 0 heterocycles. The highest BCUT2D eigenvalue weighted by Crippen LogP contribution is 2.05. The molecule has 0 saturated carbocycles. The van der Waals surface area contributed by atoms with E-state index in [1.54, 1.807) is 0 Å². The molecule has 0 radical (unpaired) electrons. The van der Waals surface area contributed by atoms with Gasteiger partial charge in [0, 0.05) is 13.0 Å². The van der Waals surface area contributed by atoms with E-state index in [0.29, 0.717) is 6.42 Å². The van der Waals surface area contributed by atoms with Gasteiger partial charge in [-0.05, 0) is 6.42 Å². The maximum Gasteiger partial charge on any atom is 0.321 e. The monoisotopic (exact) mass is 307 g/mol. The van der Waals surface area contributed by atoms with Crippen LogP contribution in [0.3, 0.4) is 0 Å². The van der Waals surface area contributed by atoms with Crippen LogP contribution in [0.25, 0.3) is 0 Å². The molecule has 0 aromatic rings. The van der Waals surface area contributed by atoms with Gasteiger partial charge in [0.15, 0.2) is 0 Å². The van der Waals surface area contributed by atoms with E-state index in [0.717, 1.165) is 12.8 Å². The summed E-state index contributed by atoms with van der Waals surface area (Å²) in [4.78, 5) is 22.0. The van der Waals surface area contributed by atoms with E-state index in [1.807, 2.05) is 0 Å². The summed E-state index contributed by atoms with van der Waals surface area (Å²) in [6.07, 6.45) is 6.16. The molecule has 0 fully saturated rings. The number of methoxy groups -OCH3 is 1. The van der Waals surface area contributed by atoms with Crippen molar-refractivity contribution in [2.45, 2.75) is 50.3 Å². The first-order valence-electron chi connectivity index (χ1n) is 6.10. The van der Waals surface area contributed by atoms with Crippen molar-refractivity contribution < 1.29 is 14.3 Å². The molecule has 1 atom stereocenters. The second-order valence-electron chi connectivity index (χ2n) is 3.96. The number of hydrogen-bond donors (Lipinski definition) is 1. The van der Waals surface area contributed by atoms with E-state index >= 15 is 0 Å². The highest BCUT2D eigenvalue weighted by Gasteiger charge is 2.15. The lowest BCUT2D eigenvalue weighted by Gasteiger charge is -2.09. The third-order valence-corrected chi connectivity index (χ3v) is 3.14. The molecule has 0 aromatic carbocycles. The van der Waals surface area contributed by atoms with Gasteiger partial charge < -0.3 is 10.1 Å². The molecule has 0 aliphatic heterocycles. The van der Waals surface area contributed by atoms with Gasteiger partial charge >= 0.3 is 5.97 Å². The molecule has 0 bridgehead atoms. The summed E-state index contributed by atoms with van der Waals surface area (Å²) in [5.41, 5.74) is 0. The fourth-order valence-corrected chi connectivity index (χ4v) is 1.74. The molecular weight excluding hydrogens is 286 g/mol. The number of amides is 1. The Labute approximate surface area is 112 Å². The second-order valence-corrected chi connectivity index (χ2v) is 5.06. The van der Waals surface area contributed by atoms with Crippen molar-refractivity contribution in [3.63, 3.8) is 0 Å². The highest BCUT2D eigenvalue weighted by molar-refractivity contribution is 9.10. The van der Waals surface area contributed by atoms with Crippen LogP contribution in [0.1, 0.15) is 45.4 Å². The van der Waals surface area contributed by atoms with Crippen LogP contribution in [0.15, 0.2) is 0 Å². The lowest BCUT2D eigenvalue weighted by molar-refractivity contribution is -0.139. The van der Waals surface area contributed by atoms with Crippen LogP contribution in [0.5, 0.6) is 0 Å². The quantitative estimate of drug-likeness (QED) is 0.404. The van der Waals surface area contributed by atoms with Crippen LogP contribution < -0.4 is 5.32 Å². The zero-order chi connectivity index (χ0) is 13.1. The summed E-state index contributed by atoms with van der Waals surface area (Å²) < 4.78 is 4.53. The van der Waals surface area contributed by atoms with E-state index in [9.17, 15) is 9.59 Å². The number of ether oxygens (including phenoxy) is 1. The minimum absolute atomic E-state index is 0.00477. The molecule has 0 spiro atoms. The van der Waals surface area contributed by atoms with Crippen LogP contribution in [0.2, 0.25) is 0 Å². The number of hydrogen-bond acceptors (Lipinski definition) is 3. The number of carbonyl (C=O) groups excluding carboxylic acids is 2. The van der Waals surface area contributed by atoms with E-state index in [2.05, 4.69) is 32.9 Å². The Hall–Kier alpha value is -0.580. The lowest BCUT2D eigenvalue weighted by atomic mass is 10.1. The third-order valence-electron chi connectivity index (χ3n) is 2.44. The van der Waals surface area contributed by atoms with Crippen molar-refractivity contribution in [1.29, 1.82) is 0 Å². The van der Waals surface area contributed by atoms with E-state index in [1.165, 1.54) is 26.4 Å². The van der Waals surface area contributed by atoms with Gasteiger partial charge in [0.1, 0.15) is 4.83 Å². The van der Waals surface area contributed by atoms with Crippen LogP contribution in [0.4, 0.5) is 0 Å². The molecule has 1 amide bonds. The Morgan fingerprint density at radius 2 is 1.88 bits per heavy atom. The number of nitrogens with one attached hydrogen (secondary N) is 1. The average molecular weight is 308 g/mol. The Balaban J connectivity index is 3.49. The fraction of sp³-hybridized carbons (Fsp3) is 0.833. The maximum atomic E-state index is 11.4. The molecule has 0 aliphatic carbocycles. The Morgan fingerprint density at radius 3 is 2.47 bits per heavy atom. The standard InChI is InChI=1S/C12H22BrNO3/c1-3-4-5-6-7-8-11(15)14-9-10(13)12(16)17-2/h10H,3-9H2,1-2H3,(H,14,15). The summed E-state index contributed by atoms with van der Waals surface area (Å²) >= 11 is 3.15. The summed E-state index contributed by atoms with van der Waals surface area (Å²) in [6, 6.07) is 0. The van der Waals surface area contributed by atoms with Gasteiger partial charge in [-0.15, -0.1) is 0 Å². The Kier molecular flexibility index (Phi) is 10.2. The molecule has 4 nitrogen and oxygen atoms in total. The average Bonchev–Trinajstić information content (AvgIpc) is 2.34. The SMILES string of the molecule is CCCCCCCC(=O)NCC(Br)C(=O)OC. The maximum absolute atomic E-state index is 11.4. The van der Waals surface area contributed by atoms with Crippen LogP contribution in [-0.4, -0.2) is 30.4 Å². The molecule has 0 rings (SSSR count). The van der Waals surface area contributed by atoms with E-state index in [-0.39, 0.29) is 18.4 Å². The van der Waals surface area contributed by atoms with Gasteiger partial charge in [-0.1, -0.05) is 48.5 Å². The van der Waals surface area contributed by atoms with Gasteiger partial charge in [0.25, 0.3) is 0 Å². The van der Waals surface area contributed by atoms with Gasteiger partial charge in [0.05, 0.1) is 7.11 Å². The fourth-order valence-electron chi connectivity index (χ4n) is 1.39. The normalized spacial score (nSPS) is 11.9. The summed E-state index contributed by atoms with van der Waals surface area (Å²) in [5, 5.41) is 2.70. The number of halogens is 1. The van der Waals surface area contributed by atoms with Crippen molar-refractivity contribution in [2.24, 2.45) is 0 Å². The zero-order valence-corrected chi connectivity index (χ0v) is 12.2. The van der Waals surface area contributed by atoms with Crippen molar-refractivity contribution in [2.75, 3.05) is 13.7 Å². The predicted molar refractivity (Wildman–Crippen MR) is 71.1 cm³/mol.